The van der Waals surface area contributed by atoms with Crippen LogP contribution in [-0.4, -0.2) is 42.3 Å². The maximum Gasteiger partial charge on any atom is 0.0678 e. The number of nitrogens with zero attached hydrogens (tertiary/aromatic N) is 1. The zero-order valence-corrected chi connectivity index (χ0v) is 11.5. The minimum absolute atomic E-state index is 0.128. The molecule has 0 spiro atoms. The third kappa shape index (κ3) is 3.94. The molecule has 100 valence electrons. The van der Waals surface area contributed by atoms with Gasteiger partial charge in [-0.05, 0) is 33.1 Å². The summed E-state index contributed by atoms with van der Waals surface area (Å²) in [5, 5.41) is 0. The molecule has 2 unspecified atom stereocenters. The first kappa shape index (κ1) is 13.3. The fourth-order valence-electron chi connectivity index (χ4n) is 3.35. The summed E-state index contributed by atoms with van der Waals surface area (Å²) in [7, 11) is 0. The highest BCUT2D eigenvalue weighted by Gasteiger charge is 2.29. The summed E-state index contributed by atoms with van der Waals surface area (Å²) in [4.78, 5) is 2.53. The van der Waals surface area contributed by atoms with E-state index in [0.29, 0.717) is 12.2 Å². The van der Waals surface area contributed by atoms with Gasteiger partial charge in [-0.1, -0.05) is 19.3 Å². The Kier molecular flexibility index (Phi) is 4.45. The van der Waals surface area contributed by atoms with Crippen LogP contribution >= 0.6 is 0 Å². The van der Waals surface area contributed by atoms with E-state index in [2.05, 4.69) is 18.7 Å². The van der Waals surface area contributed by atoms with Crippen molar-refractivity contribution in [1.29, 1.82) is 0 Å². The Hall–Kier alpha value is -0.120. The van der Waals surface area contributed by atoms with E-state index in [4.69, 9.17) is 10.5 Å². The maximum absolute atomic E-state index is 6.49. The van der Waals surface area contributed by atoms with Gasteiger partial charge in [0.15, 0.2) is 0 Å². The van der Waals surface area contributed by atoms with Crippen LogP contribution in [0.25, 0.3) is 0 Å². The first-order valence-corrected chi connectivity index (χ1v) is 7.24. The summed E-state index contributed by atoms with van der Waals surface area (Å²) in [6.45, 7) is 7.62. The molecule has 0 aromatic rings. The van der Waals surface area contributed by atoms with Gasteiger partial charge in [0, 0.05) is 25.2 Å². The molecule has 0 amide bonds. The van der Waals surface area contributed by atoms with Crippen molar-refractivity contribution in [3.63, 3.8) is 0 Å². The molecule has 1 heterocycles. The molecular weight excluding hydrogens is 212 g/mol. The standard InChI is InChI=1S/C14H28N2O/c1-12-10-16(11-13(2)17-12)9-8-14(15)6-4-3-5-7-14/h12-13H,3-11,15H2,1-2H3. The number of morpholine rings is 1. The van der Waals surface area contributed by atoms with Gasteiger partial charge < -0.3 is 10.5 Å². The number of hydrogen-bond acceptors (Lipinski definition) is 3. The molecule has 0 radical (unpaired) electrons. The van der Waals surface area contributed by atoms with Crippen LogP contribution in [0.1, 0.15) is 52.4 Å². The molecule has 1 aliphatic heterocycles. The first-order chi connectivity index (χ1) is 8.07. The van der Waals surface area contributed by atoms with Crippen LogP contribution in [0.3, 0.4) is 0 Å². The Labute approximate surface area is 106 Å². The van der Waals surface area contributed by atoms with Gasteiger partial charge in [0.25, 0.3) is 0 Å². The van der Waals surface area contributed by atoms with E-state index in [0.717, 1.165) is 26.1 Å². The van der Waals surface area contributed by atoms with Crippen molar-refractivity contribution in [2.45, 2.75) is 70.1 Å². The molecule has 1 saturated heterocycles. The quantitative estimate of drug-likeness (QED) is 0.821. The number of ether oxygens (including phenoxy) is 1. The van der Waals surface area contributed by atoms with Crippen LogP contribution < -0.4 is 5.73 Å². The second-order valence-corrected chi connectivity index (χ2v) is 6.19. The third-order valence-electron chi connectivity index (χ3n) is 4.27. The third-order valence-corrected chi connectivity index (χ3v) is 4.27. The monoisotopic (exact) mass is 240 g/mol. The Bertz CT molecular complexity index is 228. The molecule has 3 nitrogen and oxygen atoms in total. The number of nitrogens with two attached hydrogens (primary N) is 1. The highest BCUT2D eigenvalue weighted by molar-refractivity contribution is 4.88. The van der Waals surface area contributed by atoms with E-state index in [1.165, 1.54) is 32.1 Å². The van der Waals surface area contributed by atoms with Crippen molar-refractivity contribution >= 4 is 0 Å². The molecule has 2 aliphatic rings. The van der Waals surface area contributed by atoms with Crippen LogP contribution in [0.4, 0.5) is 0 Å². The Morgan fingerprint density at radius 2 is 1.71 bits per heavy atom. The molecule has 0 aromatic heterocycles. The van der Waals surface area contributed by atoms with Crippen LogP contribution in [-0.2, 0) is 4.74 Å². The average Bonchev–Trinajstić information content (AvgIpc) is 2.26. The summed E-state index contributed by atoms with van der Waals surface area (Å²) in [5.74, 6) is 0. The van der Waals surface area contributed by atoms with Crippen LogP contribution in [0.2, 0.25) is 0 Å². The van der Waals surface area contributed by atoms with E-state index in [1.54, 1.807) is 0 Å². The van der Waals surface area contributed by atoms with Gasteiger partial charge in [-0.15, -0.1) is 0 Å². The number of hydrogen-bond donors (Lipinski definition) is 1. The fraction of sp³-hybridized carbons (Fsp3) is 1.00. The van der Waals surface area contributed by atoms with Crippen LogP contribution in [0, 0.1) is 0 Å². The topological polar surface area (TPSA) is 38.5 Å². The van der Waals surface area contributed by atoms with Crippen molar-refractivity contribution in [1.82, 2.24) is 4.90 Å². The van der Waals surface area contributed by atoms with Gasteiger partial charge in [-0.3, -0.25) is 4.90 Å². The minimum atomic E-state index is 0.128. The fourth-order valence-corrected chi connectivity index (χ4v) is 3.35. The smallest absolute Gasteiger partial charge is 0.0678 e. The molecule has 17 heavy (non-hydrogen) atoms. The van der Waals surface area contributed by atoms with Gasteiger partial charge in [0.2, 0.25) is 0 Å². The van der Waals surface area contributed by atoms with Crippen molar-refractivity contribution in [3.8, 4) is 0 Å². The van der Waals surface area contributed by atoms with E-state index < -0.39 is 0 Å². The van der Waals surface area contributed by atoms with E-state index in [9.17, 15) is 0 Å². The lowest BCUT2D eigenvalue weighted by molar-refractivity contribution is -0.0695. The summed E-state index contributed by atoms with van der Waals surface area (Å²) in [5.41, 5.74) is 6.62. The lowest BCUT2D eigenvalue weighted by Crippen LogP contribution is -2.49. The molecule has 2 atom stereocenters. The van der Waals surface area contributed by atoms with E-state index in [1.807, 2.05) is 0 Å². The second-order valence-electron chi connectivity index (χ2n) is 6.19. The van der Waals surface area contributed by atoms with Crippen molar-refractivity contribution in [3.05, 3.63) is 0 Å². The molecule has 2 rings (SSSR count). The van der Waals surface area contributed by atoms with Crippen LogP contribution in [0.15, 0.2) is 0 Å². The SMILES string of the molecule is CC1CN(CCC2(N)CCCCC2)CC(C)O1. The summed E-state index contributed by atoms with van der Waals surface area (Å²) < 4.78 is 5.76. The van der Waals surface area contributed by atoms with Gasteiger partial charge in [-0.25, -0.2) is 0 Å². The summed E-state index contributed by atoms with van der Waals surface area (Å²) in [6.07, 6.45) is 8.39. The Morgan fingerprint density at radius 3 is 2.29 bits per heavy atom. The van der Waals surface area contributed by atoms with Gasteiger partial charge in [0.05, 0.1) is 12.2 Å². The molecule has 1 saturated carbocycles. The lowest BCUT2D eigenvalue weighted by atomic mass is 9.80. The van der Waals surface area contributed by atoms with Crippen molar-refractivity contribution in [2.75, 3.05) is 19.6 Å². The summed E-state index contributed by atoms with van der Waals surface area (Å²) in [6, 6.07) is 0. The molecule has 2 fully saturated rings. The number of rotatable bonds is 3. The largest absolute Gasteiger partial charge is 0.373 e. The summed E-state index contributed by atoms with van der Waals surface area (Å²) >= 11 is 0. The van der Waals surface area contributed by atoms with Crippen molar-refractivity contribution < 1.29 is 4.74 Å². The highest BCUT2D eigenvalue weighted by Crippen LogP contribution is 2.29. The molecule has 1 aliphatic carbocycles. The predicted molar refractivity (Wildman–Crippen MR) is 71.1 cm³/mol. The van der Waals surface area contributed by atoms with Gasteiger partial charge >= 0.3 is 0 Å². The Balaban J connectivity index is 1.76. The zero-order valence-electron chi connectivity index (χ0n) is 11.5. The zero-order chi connectivity index (χ0) is 12.3. The van der Waals surface area contributed by atoms with Gasteiger partial charge in [-0.2, -0.15) is 0 Å². The molecule has 0 aromatic carbocycles. The maximum atomic E-state index is 6.49. The minimum Gasteiger partial charge on any atom is -0.373 e. The highest BCUT2D eigenvalue weighted by atomic mass is 16.5. The first-order valence-electron chi connectivity index (χ1n) is 7.24. The molecule has 3 heteroatoms. The van der Waals surface area contributed by atoms with E-state index in [-0.39, 0.29) is 5.54 Å². The molecular formula is C14H28N2O. The van der Waals surface area contributed by atoms with E-state index >= 15 is 0 Å². The van der Waals surface area contributed by atoms with Crippen molar-refractivity contribution in [2.24, 2.45) is 5.73 Å². The normalized spacial score (nSPS) is 34.8. The average molecular weight is 240 g/mol. The Morgan fingerprint density at radius 1 is 1.12 bits per heavy atom. The lowest BCUT2D eigenvalue weighted by Gasteiger charge is -2.39. The molecule has 0 bridgehead atoms. The predicted octanol–water partition coefficient (Wildman–Crippen LogP) is 2.15. The second kappa shape index (κ2) is 5.68. The molecule has 2 N–H and O–H groups in total. The van der Waals surface area contributed by atoms with Gasteiger partial charge in [0.1, 0.15) is 0 Å². The van der Waals surface area contributed by atoms with Crippen LogP contribution in [0.5, 0.6) is 0 Å².